The molecule has 0 saturated heterocycles. The fourth-order valence-corrected chi connectivity index (χ4v) is 2.35. The van der Waals surface area contributed by atoms with Crippen LogP contribution in [0.3, 0.4) is 0 Å². The molecule has 2 N–H and O–H groups in total. The van der Waals surface area contributed by atoms with Gasteiger partial charge in [0.1, 0.15) is 5.75 Å². The second-order valence-corrected chi connectivity index (χ2v) is 4.19. The van der Waals surface area contributed by atoms with Crippen molar-refractivity contribution in [1.82, 2.24) is 5.32 Å². The van der Waals surface area contributed by atoms with Crippen LogP contribution < -0.4 is 10.1 Å². The van der Waals surface area contributed by atoms with Crippen molar-refractivity contribution >= 4 is 0 Å². The minimum Gasteiger partial charge on any atom is -0.497 e. The molecule has 0 saturated carbocycles. The Hall–Kier alpha value is -1.06. The van der Waals surface area contributed by atoms with Gasteiger partial charge < -0.3 is 15.2 Å². The van der Waals surface area contributed by atoms with Gasteiger partial charge in [0.05, 0.1) is 13.7 Å². The van der Waals surface area contributed by atoms with Crippen LogP contribution in [0.5, 0.6) is 5.75 Å². The van der Waals surface area contributed by atoms with Crippen LogP contribution in [-0.2, 0) is 6.42 Å². The highest BCUT2D eigenvalue weighted by Gasteiger charge is 2.19. The van der Waals surface area contributed by atoms with Crippen LogP contribution >= 0.6 is 0 Å². The highest BCUT2D eigenvalue weighted by atomic mass is 16.5. The van der Waals surface area contributed by atoms with Gasteiger partial charge in [0.15, 0.2) is 0 Å². The summed E-state index contributed by atoms with van der Waals surface area (Å²) in [6.07, 6.45) is 3.50. The number of nitrogens with one attached hydrogen (secondary N) is 1. The van der Waals surface area contributed by atoms with Gasteiger partial charge >= 0.3 is 0 Å². The monoisotopic (exact) mass is 221 g/mol. The fraction of sp³-hybridized carbons (Fsp3) is 0.538. The lowest BCUT2D eigenvalue weighted by molar-refractivity contribution is 0.280. The topological polar surface area (TPSA) is 41.5 Å². The van der Waals surface area contributed by atoms with E-state index >= 15 is 0 Å². The number of methoxy groups -OCH3 is 1. The Balaban J connectivity index is 2.21. The van der Waals surface area contributed by atoms with E-state index in [-0.39, 0.29) is 6.61 Å². The molecule has 0 heterocycles. The predicted octanol–water partition coefficient (Wildman–Crippen LogP) is 1.65. The molecule has 1 aliphatic carbocycles. The van der Waals surface area contributed by atoms with Crippen molar-refractivity contribution < 1.29 is 9.84 Å². The molecule has 16 heavy (non-hydrogen) atoms. The Bertz CT molecular complexity index is 352. The predicted molar refractivity (Wildman–Crippen MR) is 63.8 cm³/mol. The molecule has 0 radical (unpaired) electrons. The van der Waals surface area contributed by atoms with Crippen molar-refractivity contribution in [2.45, 2.75) is 25.3 Å². The number of aryl methyl sites for hydroxylation is 1. The molecular formula is C13H19NO2. The van der Waals surface area contributed by atoms with Gasteiger partial charge in [0.2, 0.25) is 0 Å². The molecule has 2 rings (SSSR count). The van der Waals surface area contributed by atoms with Gasteiger partial charge in [-0.05, 0) is 42.5 Å². The molecule has 3 heteroatoms. The first kappa shape index (κ1) is 11.4. The molecule has 0 amide bonds. The number of aliphatic hydroxyl groups excluding tert-OH is 1. The number of ether oxygens (including phenoxy) is 1. The summed E-state index contributed by atoms with van der Waals surface area (Å²) in [7, 11) is 1.70. The minimum atomic E-state index is 0.190. The van der Waals surface area contributed by atoms with E-state index in [1.165, 1.54) is 17.5 Å². The zero-order valence-corrected chi connectivity index (χ0v) is 9.70. The third-order valence-corrected chi connectivity index (χ3v) is 3.17. The van der Waals surface area contributed by atoms with Gasteiger partial charge in [-0.1, -0.05) is 6.07 Å². The molecule has 0 fully saturated rings. The number of fused-ring (bicyclic) bond motifs is 1. The zero-order chi connectivity index (χ0) is 11.4. The van der Waals surface area contributed by atoms with E-state index in [4.69, 9.17) is 9.84 Å². The first-order valence-corrected chi connectivity index (χ1v) is 5.86. The molecule has 1 aromatic rings. The Morgan fingerprint density at radius 1 is 1.50 bits per heavy atom. The summed E-state index contributed by atoms with van der Waals surface area (Å²) in [5, 5.41) is 12.2. The van der Waals surface area contributed by atoms with Gasteiger partial charge in [0.25, 0.3) is 0 Å². The van der Waals surface area contributed by atoms with Crippen molar-refractivity contribution in [3.8, 4) is 5.75 Å². The number of hydrogen-bond donors (Lipinski definition) is 2. The molecule has 88 valence electrons. The van der Waals surface area contributed by atoms with Crippen LogP contribution in [0.2, 0.25) is 0 Å². The molecule has 1 atom stereocenters. The first-order valence-electron chi connectivity index (χ1n) is 5.86. The van der Waals surface area contributed by atoms with Crippen LogP contribution in [0.1, 0.15) is 30.0 Å². The maximum Gasteiger partial charge on any atom is 0.119 e. The first-order chi connectivity index (χ1) is 7.85. The number of hydrogen-bond acceptors (Lipinski definition) is 3. The fourth-order valence-electron chi connectivity index (χ4n) is 2.35. The number of benzene rings is 1. The molecular weight excluding hydrogens is 202 g/mol. The second-order valence-electron chi connectivity index (χ2n) is 4.19. The average molecular weight is 221 g/mol. The lowest BCUT2D eigenvalue weighted by atomic mass is 9.87. The Labute approximate surface area is 96.4 Å². The van der Waals surface area contributed by atoms with Crippen molar-refractivity contribution in [3.05, 3.63) is 29.3 Å². The van der Waals surface area contributed by atoms with E-state index in [9.17, 15) is 0 Å². The largest absolute Gasteiger partial charge is 0.497 e. The van der Waals surface area contributed by atoms with Crippen LogP contribution in [0.15, 0.2) is 18.2 Å². The molecule has 0 spiro atoms. The summed E-state index contributed by atoms with van der Waals surface area (Å²) in [6.45, 7) is 0.844. The third kappa shape index (κ3) is 2.36. The Morgan fingerprint density at radius 2 is 2.38 bits per heavy atom. The second kappa shape index (κ2) is 5.32. The van der Waals surface area contributed by atoms with Gasteiger partial charge in [0, 0.05) is 12.6 Å². The molecule has 1 aliphatic rings. The van der Waals surface area contributed by atoms with E-state index in [2.05, 4.69) is 17.4 Å². The SMILES string of the molecule is COc1ccc2c(c1)C(NCCO)CCC2. The summed E-state index contributed by atoms with van der Waals surface area (Å²) in [4.78, 5) is 0. The Morgan fingerprint density at radius 3 is 3.12 bits per heavy atom. The van der Waals surface area contributed by atoms with Gasteiger partial charge in [-0.2, -0.15) is 0 Å². The molecule has 3 nitrogen and oxygen atoms in total. The van der Waals surface area contributed by atoms with E-state index in [1.54, 1.807) is 7.11 Å². The van der Waals surface area contributed by atoms with E-state index in [1.807, 2.05) is 6.07 Å². The summed E-state index contributed by atoms with van der Waals surface area (Å²) in [5.74, 6) is 0.913. The van der Waals surface area contributed by atoms with Crippen LogP contribution in [0.4, 0.5) is 0 Å². The van der Waals surface area contributed by atoms with Crippen molar-refractivity contribution in [3.63, 3.8) is 0 Å². The molecule has 0 bridgehead atoms. The van der Waals surface area contributed by atoms with Crippen molar-refractivity contribution in [2.24, 2.45) is 0 Å². The summed E-state index contributed by atoms with van der Waals surface area (Å²) < 4.78 is 5.26. The molecule has 1 unspecified atom stereocenters. The maximum atomic E-state index is 8.86. The molecule has 0 aliphatic heterocycles. The van der Waals surface area contributed by atoms with Crippen molar-refractivity contribution in [2.75, 3.05) is 20.3 Å². The standard InChI is InChI=1S/C13H19NO2/c1-16-11-6-5-10-3-2-4-13(12(10)9-11)14-7-8-15/h5-6,9,13-15H,2-4,7-8H2,1H3. The minimum absolute atomic E-state index is 0.190. The highest BCUT2D eigenvalue weighted by Crippen LogP contribution is 2.32. The number of rotatable bonds is 4. The molecule has 1 aromatic carbocycles. The van der Waals surface area contributed by atoms with E-state index in [0.29, 0.717) is 12.6 Å². The quantitative estimate of drug-likeness (QED) is 0.812. The summed E-state index contributed by atoms with van der Waals surface area (Å²) >= 11 is 0. The van der Waals surface area contributed by atoms with Crippen LogP contribution in [-0.4, -0.2) is 25.4 Å². The average Bonchev–Trinajstić information content (AvgIpc) is 2.35. The van der Waals surface area contributed by atoms with E-state index in [0.717, 1.165) is 18.6 Å². The van der Waals surface area contributed by atoms with Crippen molar-refractivity contribution in [1.29, 1.82) is 0 Å². The summed E-state index contributed by atoms with van der Waals surface area (Å²) in [6, 6.07) is 6.66. The summed E-state index contributed by atoms with van der Waals surface area (Å²) in [5.41, 5.74) is 2.74. The normalized spacial score (nSPS) is 19.2. The van der Waals surface area contributed by atoms with Gasteiger partial charge in [-0.25, -0.2) is 0 Å². The van der Waals surface area contributed by atoms with E-state index < -0.39 is 0 Å². The lowest BCUT2D eigenvalue weighted by Gasteiger charge is -2.26. The Kier molecular flexibility index (Phi) is 3.80. The highest BCUT2D eigenvalue weighted by molar-refractivity contribution is 5.39. The lowest BCUT2D eigenvalue weighted by Crippen LogP contribution is -2.27. The van der Waals surface area contributed by atoms with Crippen LogP contribution in [0.25, 0.3) is 0 Å². The smallest absolute Gasteiger partial charge is 0.119 e. The van der Waals surface area contributed by atoms with Gasteiger partial charge in [-0.3, -0.25) is 0 Å². The van der Waals surface area contributed by atoms with Crippen LogP contribution in [0, 0.1) is 0 Å². The number of aliphatic hydroxyl groups is 1. The maximum absolute atomic E-state index is 8.86. The zero-order valence-electron chi connectivity index (χ0n) is 9.70. The molecule has 0 aromatic heterocycles. The van der Waals surface area contributed by atoms with Gasteiger partial charge in [-0.15, -0.1) is 0 Å². The third-order valence-electron chi connectivity index (χ3n) is 3.17.